The molecule has 240 valence electrons. The van der Waals surface area contributed by atoms with Gasteiger partial charge in [-0.2, -0.15) is 0 Å². The van der Waals surface area contributed by atoms with Crippen LogP contribution in [-0.4, -0.2) is 47.5 Å². The van der Waals surface area contributed by atoms with Crippen LogP contribution in [0, 0.1) is 0 Å². The fourth-order valence-electron chi connectivity index (χ4n) is 6.07. The number of methoxy groups -OCH3 is 4. The van der Waals surface area contributed by atoms with Crippen LogP contribution in [0.3, 0.4) is 0 Å². The van der Waals surface area contributed by atoms with Gasteiger partial charge in [-0.3, -0.25) is 0 Å². The molecule has 0 aliphatic heterocycles. The maximum Gasteiger partial charge on any atom is 0.118 e. The fourth-order valence-corrected chi connectivity index (χ4v) is 6.07. The van der Waals surface area contributed by atoms with Crippen LogP contribution < -0.4 is 18.9 Å². The third-order valence-electron chi connectivity index (χ3n) is 8.50. The molecular formula is C39H40N4O4. The predicted octanol–water partition coefficient (Wildman–Crippen LogP) is 8.41. The van der Waals surface area contributed by atoms with Crippen molar-refractivity contribution in [1.29, 1.82) is 0 Å². The quantitative estimate of drug-likeness (QED) is 0.136. The second-order valence-electron chi connectivity index (χ2n) is 11.0. The molecule has 0 spiro atoms. The van der Waals surface area contributed by atoms with Crippen molar-refractivity contribution in [3.8, 4) is 68.0 Å². The molecule has 0 fully saturated rings. The first kappa shape index (κ1) is 31.5. The van der Waals surface area contributed by atoms with Gasteiger partial charge in [0.15, 0.2) is 0 Å². The molecule has 0 aliphatic carbocycles. The molecule has 0 amide bonds. The van der Waals surface area contributed by atoms with Gasteiger partial charge in [0.05, 0.1) is 57.6 Å². The Morgan fingerprint density at radius 3 is 0.957 bits per heavy atom. The summed E-state index contributed by atoms with van der Waals surface area (Å²) >= 11 is 0. The molecule has 0 saturated heterocycles. The van der Waals surface area contributed by atoms with Gasteiger partial charge in [-0.25, -0.2) is 9.97 Å². The maximum atomic E-state index is 5.46. The molecule has 2 heterocycles. The summed E-state index contributed by atoms with van der Waals surface area (Å²) in [6.07, 6.45) is 0.542. The average Bonchev–Trinajstić information content (AvgIpc) is 3.69. The molecule has 0 unspecified atom stereocenters. The van der Waals surface area contributed by atoms with Crippen molar-refractivity contribution in [2.45, 2.75) is 33.4 Å². The molecule has 8 nitrogen and oxygen atoms in total. The number of imidazole rings is 2. The third kappa shape index (κ3) is 6.19. The largest absolute Gasteiger partial charge is 0.497 e. The van der Waals surface area contributed by atoms with E-state index in [0.717, 1.165) is 92.8 Å². The Labute approximate surface area is 276 Å². The summed E-state index contributed by atoms with van der Waals surface area (Å²) in [5.74, 6) is 5.10. The van der Waals surface area contributed by atoms with Crippen molar-refractivity contribution in [3.63, 3.8) is 0 Å². The topological polar surface area (TPSA) is 72.6 Å². The van der Waals surface area contributed by atoms with Crippen LogP contribution in [0.1, 0.15) is 25.5 Å². The van der Waals surface area contributed by atoms with Gasteiger partial charge in [0.1, 0.15) is 34.6 Å². The average molecular weight is 629 g/mol. The van der Waals surface area contributed by atoms with E-state index in [1.165, 1.54) is 0 Å². The number of benzene rings is 4. The molecule has 0 aliphatic rings. The second kappa shape index (κ2) is 13.9. The summed E-state index contributed by atoms with van der Waals surface area (Å²) < 4.78 is 26.4. The lowest BCUT2D eigenvalue weighted by Gasteiger charge is -2.13. The summed E-state index contributed by atoms with van der Waals surface area (Å²) in [4.78, 5) is 10.7. The standard InChI is InChI=1S/C39H40N4O4/c1-7-42-34(40-36(26-9-17-30(44-3)18-10-26)38(42)28-13-21-32(46-5)22-14-28)25-35-41-37(27-11-19-31(45-4)20-12-27)39(43(35)8-2)29-15-23-33(47-6)24-16-29/h9-24H,7-8,25H2,1-6H3. The number of rotatable bonds is 12. The van der Waals surface area contributed by atoms with E-state index in [1.807, 2.05) is 48.5 Å². The molecule has 0 saturated carbocycles. The number of ether oxygens (including phenoxy) is 4. The summed E-state index contributed by atoms with van der Waals surface area (Å²) in [5, 5.41) is 0. The highest BCUT2D eigenvalue weighted by molar-refractivity contribution is 5.81. The van der Waals surface area contributed by atoms with Crippen molar-refractivity contribution < 1.29 is 18.9 Å². The second-order valence-corrected chi connectivity index (χ2v) is 11.0. The van der Waals surface area contributed by atoms with Gasteiger partial charge in [-0.1, -0.05) is 0 Å². The molecule has 6 aromatic rings. The molecule has 0 atom stereocenters. The fraction of sp³-hybridized carbons (Fsp3) is 0.231. The van der Waals surface area contributed by atoms with Gasteiger partial charge in [0.25, 0.3) is 0 Å². The molecule has 0 bridgehead atoms. The first-order chi connectivity index (χ1) is 23.0. The third-order valence-corrected chi connectivity index (χ3v) is 8.50. The predicted molar refractivity (Wildman–Crippen MR) is 187 cm³/mol. The molecule has 0 radical (unpaired) electrons. The van der Waals surface area contributed by atoms with Crippen molar-refractivity contribution in [3.05, 3.63) is 109 Å². The van der Waals surface area contributed by atoms with E-state index in [2.05, 4.69) is 71.5 Å². The zero-order valence-corrected chi connectivity index (χ0v) is 27.8. The minimum atomic E-state index is 0.542. The van der Waals surface area contributed by atoms with Crippen LogP contribution in [0.2, 0.25) is 0 Å². The van der Waals surface area contributed by atoms with E-state index in [4.69, 9.17) is 28.9 Å². The molecule has 6 rings (SSSR count). The van der Waals surface area contributed by atoms with Crippen molar-refractivity contribution in [2.75, 3.05) is 28.4 Å². The van der Waals surface area contributed by atoms with E-state index < -0.39 is 0 Å². The minimum absolute atomic E-state index is 0.542. The zero-order valence-electron chi connectivity index (χ0n) is 27.8. The van der Waals surface area contributed by atoms with Crippen LogP contribution in [0.5, 0.6) is 23.0 Å². The van der Waals surface area contributed by atoms with Gasteiger partial charge in [-0.15, -0.1) is 0 Å². The number of aromatic nitrogens is 4. The summed E-state index contributed by atoms with van der Waals surface area (Å²) in [5.41, 5.74) is 8.09. The zero-order chi connectivity index (χ0) is 32.9. The Balaban J connectivity index is 1.53. The van der Waals surface area contributed by atoms with Gasteiger partial charge in [0.2, 0.25) is 0 Å². The molecular weight excluding hydrogens is 588 g/mol. The number of hydrogen-bond donors (Lipinski definition) is 0. The van der Waals surface area contributed by atoms with Gasteiger partial charge in [0, 0.05) is 35.3 Å². The van der Waals surface area contributed by atoms with E-state index in [1.54, 1.807) is 28.4 Å². The van der Waals surface area contributed by atoms with Crippen molar-refractivity contribution in [2.24, 2.45) is 0 Å². The van der Waals surface area contributed by atoms with Crippen LogP contribution in [0.4, 0.5) is 0 Å². The molecule has 2 aromatic heterocycles. The Morgan fingerprint density at radius 1 is 0.426 bits per heavy atom. The van der Waals surface area contributed by atoms with E-state index in [-0.39, 0.29) is 0 Å². The monoisotopic (exact) mass is 628 g/mol. The Bertz CT molecular complexity index is 1800. The normalized spacial score (nSPS) is 11.0. The van der Waals surface area contributed by atoms with Crippen LogP contribution in [-0.2, 0) is 19.5 Å². The lowest BCUT2D eigenvalue weighted by Crippen LogP contribution is -2.09. The Hall–Kier alpha value is -5.50. The van der Waals surface area contributed by atoms with Crippen molar-refractivity contribution in [1.82, 2.24) is 19.1 Å². The summed E-state index contributed by atoms with van der Waals surface area (Å²) in [7, 11) is 6.72. The SMILES string of the molecule is CCn1c(Cc2nc(-c3ccc(OC)cc3)c(-c3ccc(OC)cc3)n2CC)nc(-c2ccc(OC)cc2)c1-c1ccc(OC)cc1. The van der Waals surface area contributed by atoms with Gasteiger partial charge >= 0.3 is 0 Å². The first-order valence-corrected chi connectivity index (χ1v) is 15.8. The lowest BCUT2D eigenvalue weighted by molar-refractivity contribution is 0.414. The smallest absolute Gasteiger partial charge is 0.118 e. The van der Waals surface area contributed by atoms with E-state index >= 15 is 0 Å². The lowest BCUT2D eigenvalue weighted by atomic mass is 10.0. The number of nitrogens with zero attached hydrogens (tertiary/aromatic N) is 4. The Morgan fingerprint density at radius 2 is 0.702 bits per heavy atom. The van der Waals surface area contributed by atoms with Gasteiger partial charge < -0.3 is 28.1 Å². The highest BCUT2D eigenvalue weighted by Crippen LogP contribution is 2.38. The Kier molecular flexibility index (Phi) is 9.29. The molecule has 0 N–H and O–H groups in total. The molecule has 47 heavy (non-hydrogen) atoms. The van der Waals surface area contributed by atoms with Gasteiger partial charge in [-0.05, 0) is 111 Å². The first-order valence-electron chi connectivity index (χ1n) is 15.8. The van der Waals surface area contributed by atoms with Crippen LogP contribution in [0.25, 0.3) is 45.0 Å². The highest BCUT2D eigenvalue weighted by Gasteiger charge is 2.24. The highest BCUT2D eigenvalue weighted by atomic mass is 16.5. The number of hydrogen-bond acceptors (Lipinski definition) is 6. The van der Waals surface area contributed by atoms with Crippen molar-refractivity contribution >= 4 is 0 Å². The maximum absolute atomic E-state index is 5.46. The van der Waals surface area contributed by atoms with Crippen LogP contribution >= 0.6 is 0 Å². The molecule has 4 aromatic carbocycles. The minimum Gasteiger partial charge on any atom is -0.497 e. The summed E-state index contributed by atoms with van der Waals surface area (Å²) in [6.45, 7) is 5.80. The molecule has 8 heteroatoms. The van der Waals surface area contributed by atoms with E-state index in [0.29, 0.717) is 6.42 Å². The summed E-state index contributed by atoms with van der Waals surface area (Å²) in [6, 6.07) is 32.5. The van der Waals surface area contributed by atoms with Crippen LogP contribution in [0.15, 0.2) is 97.1 Å². The van der Waals surface area contributed by atoms with E-state index in [9.17, 15) is 0 Å².